The molecule has 0 aromatic rings. The molecule has 0 radical (unpaired) electrons. The summed E-state index contributed by atoms with van der Waals surface area (Å²) in [5.41, 5.74) is 4.42. The van der Waals surface area contributed by atoms with Crippen LogP contribution in [0.25, 0.3) is 0 Å². The van der Waals surface area contributed by atoms with Crippen LogP contribution in [-0.2, 0) is 14.4 Å². The van der Waals surface area contributed by atoms with E-state index in [2.05, 4.69) is 0 Å². The third kappa shape index (κ3) is 1.81. The summed E-state index contributed by atoms with van der Waals surface area (Å²) in [6, 6.07) is -0.544. The average Bonchev–Trinajstić information content (AvgIpc) is 2.77. The van der Waals surface area contributed by atoms with E-state index in [0.29, 0.717) is 13.0 Å². The van der Waals surface area contributed by atoms with E-state index in [1.807, 2.05) is 0 Å². The number of aliphatic carboxylic acids is 1. The van der Waals surface area contributed by atoms with Crippen LogP contribution in [0.1, 0.15) is 12.8 Å². The van der Waals surface area contributed by atoms with Gasteiger partial charge >= 0.3 is 5.97 Å². The molecule has 7 nitrogen and oxygen atoms in total. The van der Waals surface area contributed by atoms with Crippen LogP contribution in [0.15, 0.2) is 0 Å². The van der Waals surface area contributed by atoms with E-state index in [4.69, 9.17) is 10.8 Å². The van der Waals surface area contributed by atoms with Crippen molar-refractivity contribution in [2.24, 2.45) is 5.73 Å². The predicted molar refractivity (Wildman–Crippen MR) is 56.9 cm³/mol. The van der Waals surface area contributed by atoms with Gasteiger partial charge in [-0.3, -0.25) is 24.2 Å². The summed E-state index contributed by atoms with van der Waals surface area (Å²) < 4.78 is 0. The van der Waals surface area contributed by atoms with Crippen LogP contribution < -0.4 is 5.73 Å². The number of rotatable bonds is 2. The Kier molecular flexibility index (Phi) is 2.67. The minimum absolute atomic E-state index is 0.111. The van der Waals surface area contributed by atoms with Gasteiger partial charge in [-0.25, -0.2) is 0 Å². The minimum atomic E-state index is -1.30. The summed E-state index contributed by atoms with van der Waals surface area (Å²) in [6.07, 6.45) is 0.412. The molecule has 0 bridgehead atoms. The van der Waals surface area contributed by atoms with Crippen molar-refractivity contribution in [1.29, 1.82) is 0 Å². The molecule has 2 saturated heterocycles. The number of nitrogens with two attached hydrogens (primary N) is 1. The molecule has 94 valence electrons. The van der Waals surface area contributed by atoms with Crippen molar-refractivity contribution in [3.05, 3.63) is 0 Å². The Morgan fingerprint density at radius 3 is 2.59 bits per heavy atom. The third-order valence-electron chi connectivity index (χ3n) is 3.55. The monoisotopic (exact) mass is 241 g/mol. The molecular weight excluding hydrogens is 226 g/mol. The molecule has 3 N–H and O–H groups in total. The first-order valence-corrected chi connectivity index (χ1v) is 5.42. The Morgan fingerprint density at radius 1 is 1.53 bits per heavy atom. The van der Waals surface area contributed by atoms with Gasteiger partial charge in [0.2, 0.25) is 11.8 Å². The van der Waals surface area contributed by atoms with Crippen LogP contribution in [-0.4, -0.2) is 64.4 Å². The lowest BCUT2D eigenvalue weighted by atomic mass is 10.0. The number of carbonyl (C=O) groups excluding carboxylic acids is 2. The molecule has 0 aromatic carbocycles. The Hall–Kier alpha value is -1.47. The Balaban J connectivity index is 2.10. The van der Waals surface area contributed by atoms with Crippen LogP contribution in [0.4, 0.5) is 0 Å². The molecule has 0 aromatic heterocycles. The summed E-state index contributed by atoms with van der Waals surface area (Å²) in [5.74, 6) is -1.57. The zero-order valence-electron chi connectivity index (χ0n) is 9.55. The molecule has 0 saturated carbocycles. The van der Waals surface area contributed by atoms with Gasteiger partial charge < -0.3 is 10.8 Å². The normalized spacial score (nSPS) is 34.7. The fourth-order valence-electron chi connectivity index (χ4n) is 2.33. The highest BCUT2D eigenvalue weighted by atomic mass is 16.4. The highest BCUT2D eigenvalue weighted by Gasteiger charge is 2.48. The number of amides is 2. The number of likely N-dealkylation sites (tertiary alicyclic amines) is 2. The minimum Gasteiger partial charge on any atom is -0.480 e. The number of hydrogen-bond donors (Lipinski definition) is 2. The third-order valence-corrected chi connectivity index (χ3v) is 3.55. The van der Waals surface area contributed by atoms with E-state index in [-0.39, 0.29) is 24.8 Å². The van der Waals surface area contributed by atoms with Gasteiger partial charge in [-0.2, -0.15) is 0 Å². The van der Waals surface area contributed by atoms with Crippen LogP contribution in [0, 0.1) is 0 Å². The fourth-order valence-corrected chi connectivity index (χ4v) is 2.33. The smallest absolute Gasteiger partial charge is 0.325 e. The van der Waals surface area contributed by atoms with Crippen LogP contribution in [0.5, 0.6) is 0 Å². The topological polar surface area (TPSA) is 104 Å². The summed E-state index contributed by atoms with van der Waals surface area (Å²) in [5, 5.41) is 8.99. The Labute approximate surface area is 98.2 Å². The number of nitrogens with zero attached hydrogens (tertiary/aromatic N) is 2. The lowest BCUT2D eigenvalue weighted by Gasteiger charge is -2.23. The molecule has 17 heavy (non-hydrogen) atoms. The average molecular weight is 241 g/mol. The van der Waals surface area contributed by atoms with Gasteiger partial charge in [-0.05, 0) is 6.42 Å². The van der Waals surface area contributed by atoms with Gasteiger partial charge in [-0.15, -0.1) is 0 Å². The summed E-state index contributed by atoms with van der Waals surface area (Å²) >= 11 is 0. The Morgan fingerprint density at radius 2 is 2.18 bits per heavy atom. The number of hydrogen-bond acceptors (Lipinski definition) is 5. The fraction of sp³-hybridized carbons (Fsp3) is 0.700. The highest BCUT2D eigenvalue weighted by Crippen LogP contribution is 2.26. The van der Waals surface area contributed by atoms with E-state index in [1.165, 1.54) is 7.05 Å². The largest absolute Gasteiger partial charge is 0.480 e. The van der Waals surface area contributed by atoms with Crippen molar-refractivity contribution < 1.29 is 19.5 Å². The predicted octanol–water partition coefficient (Wildman–Crippen LogP) is -1.77. The zero-order valence-corrected chi connectivity index (χ0v) is 9.55. The molecule has 2 amide bonds. The van der Waals surface area contributed by atoms with Gasteiger partial charge in [0, 0.05) is 20.1 Å². The first kappa shape index (κ1) is 12.0. The van der Waals surface area contributed by atoms with Crippen molar-refractivity contribution in [3.8, 4) is 0 Å². The molecule has 2 heterocycles. The van der Waals surface area contributed by atoms with Gasteiger partial charge in [-0.1, -0.05) is 0 Å². The molecule has 0 spiro atoms. The maximum absolute atomic E-state index is 11.8. The molecule has 2 aliphatic heterocycles. The van der Waals surface area contributed by atoms with E-state index < -0.39 is 17.6 Å². The number of carbonyl (C=O) groups is 3. The lowest BCUT2D eigenvalue weighted by molar-refractivity contribution is -0.143. The molecule has 2 atom stereocenters. The number of imide groups is 1. The van der Waals surface area contributed by atoms with E-state index in [9.17, 15) is 14.4 Å². The zero-order chi connectivity index (χ0) is 12.8. The van der Waals surface area contributed by atoms with E-state index >= 15 is 0 Å². The van der Waals surface area contributed by atoms with Crippen molar-refractivity contribution in [2.75, 3.05) is 20.1 Å². The van der Waals surface area contributed by atoms with E-state index in [0.717, 1.165) is 4.90 Å². The molecule has 2 aliphatic rings. The second-order valence-electron chi connectivity index (χ2n) is 4.69. The van der Waals surface area contributed by atoms with Gasteiger partial charge in [0.15, 0.2) is 0 Å². The maximum atomic E-state index is 11.8. The number of likely N-dealkylation sites (N-methyl/N-ethyl adjacent to an activating group) is 1. The lowest BCUT2D eigenvalue weighted by Crippen LogP contribution is -2.51. The van der Waals surface area contributed by atoms with Crippen molar-refractivity contribution in [2.45, 2.75) is 24.4 Å². The van der Waals surface area contributed by atoms with Gasteiger partial charge in [0.1, 0.15) is 5.54 Å². The van der Waals surface area contributed by atoms with E-state index in [1.54, 1.807) is 4.90 Å². The second kappa shape index (κ2) is 3.78. The van der Waals surface area contributed by atoms with Crippen LogP contribution in [0.2, 0.25) is 0 Å². The standard InChI is InChI=1S/C10H15N3O4/c1-12-7(14)4-6(8(12)15)13-3-2-10(11,5-13)9(16)17/h6H,2-5,11H2,1H3,(H,16,17). The summed E-state index contributed by atoms with van der Waals surface area (Å²) in [4.78, 5) is 36.9. The quantitative estimate of drug-likeness (QED) is 0.554. The number of carboxylic acids is 1. The molecule has 2 fully saturated rings. The molecule has 0 aliphatic carbocycles. The number of carboxylic acid groups (broad SMARTS) is 1. The first-order valence-electron chi connectivity index (χ1n) is 5.42. The summed E-state index contributed by atoms with van der Waals surface area (Å²) in [6.45, 7) is 0.542. The summed E-state index contributed by atoms with van der Waals surface area (Å²) in [7, 11) is 1.44. The highest BCUT2D eigenvalue weighted by molar-refractivity contribution is 6.05. The second-order valence-corrected chi connectivity index (χ2v) is 4.69. The maximum Gasteiger partial charge on any atom is 0.325 e. The Bertz CT molecular complexity index is 397. The van der Waals surface area contributed by atoms with Crippen LogP contribution >= 0.6 is 0 Å². The molecular formula is C10H15N3O4. The molecule has 2 unspecified atom stereocenters. The van der Waals surface area contributed by atoms with Crippen molar-refractivity contribution >= 4 is 17.8 Å². The van der Waals surface area contributed by atoms with Crippen molar-refractivity contribution in [3.63, 3.8) is 0 Å². The SMILES string of the molecule is CN1C(=O)CC(N2CCC(N)(C(=O)O)C2)C1=O. The van der Waals surface area contributed by atoms with Crippen LogP contribution in [0.3, 0.4) is 0 Å². The molecule has 7 heteroatoms. The van der Waals surface area contributed by atoms with Crippen molar-refractivity contribution in [1.82, 2.24) is 9.80 Å². The van der Waals surface area contributed by atoms with Gasteiger partial charge in [0.05, 0.1) is 12.5 Å². The first-order chi connectivity index (χ1) is 7.85. The molecule has 2 rings (SSSR count). The van der Waals surface area contributed by atoms with Gasteiger partial charge in [0.25, 0.3) is 0 Å².